The van der Waals surface area contributed by atoms with Crippen molar-refractivity contribution in [2.75, 3.05) is 38.5 Å². The summed E-state index contributed by atoms with van der Waals surface area (Å²) in [5.74, 6) is 0.264. The fraction of sp³-hybridized carbons (Fsp3) is 0.522. The van der Waals surface area contributed by atoms with Crippen molar-refractivity contribution >= 4 is 11.8 Å². The van der Waals surface area contributed by atoms with Crippen LogP contribution in [0.1, 0.15) is 31.2 Å². The third-order valence-electron chi connectivity index (χ3n) is 6.45. The highest BCUT2D eigenvalue weighted by Crippen LogP contribution is 2.22. The maximum atomic E-state index is 12.6. The summed E-state index contributed by atoms with van der Waals surface area (Å²) in [6.45, 7) is 3.67. The van der Waals surface area contributed by atoms with Crippen LogP contribution in [-0.4, -0.2) is 70.7 Å². The zero-order valence-corrected chi connectivity index (χ0v) is 18.7. The van der Waals surface area contributed by atoms with Gasteiger partial charge < -0.3 is 16.0 Å². The monoisotopic (exact) mass is 439 g/mol. The number of nitrogens with zero attached hydrogens (tertiary/aromatic N) is 4. The van der Waals surface area contributed by atoms with Gasteiger partial charge in [0.1, 0.15) is 5.82 Å². The van der Waals surface area contributed by atoms with E-state index < -0.39 is 5.69 Å². The number of carbonyl (C=O) groups excluding carboxylic acids is 1. The van der Waals surface area contributed by atoms with Crippen molar-refractivity contribution < 1.29 is 4.79 Å². The second-order valence-corrected chi connectivity index (χ2v) is 8.78. The lowest BCUT2D eigenvalue weighted by Crippen LogP contribution is -2.48. The minimum Gasteiger partial charge on any atom is -0.328 e. The first-order valence-corrected chi connectivity index (χ1v) is 11.4. The molecular weight excluding hydrogens is 406 g/mol. The summed E-state index contributed by atoms with van der Waals surface area (Å²) in [6, 6.07) is 10.3. The highest BCUT2D eigenvalue weighted by atomic mass is 16.2. The third kappa shape index (κ3) is 5.53. The first-order chi connectivity index (χ1) is 15.5. The van der Waals surface area contributed by atoms with Crippen molar-refractivity contribution in [3.63, 3.8) is 0 Å². The number of piperazine rings is 1. The number of aromatic nitrogens is 2. The maximum Gasteiger partial charge on any atom is 0.354 e. The molecule has 2 heterocycles. The Labute approximate surface area is 188 Å². The topological polar surface area (TPSA) is 109 Å². The fourth-order valence-corrected chi connectivity index (χ4v) is 4.45. The molecule has 2 fully saturated rings. The summed E-state index contributed by atoms with van der Waals surface area (Å²) in [5.41, 5.74) is 7.55. The lowest BCUT2D eigenvalue weighted by Gasteiger charge is -2.33. The molecule has 9 nitrogen and oxygen atoms in total. The van der Waals surface area contributed by atoms with Gasteiger partial charge in [0, 0.05) is 51.0 Å². The Morgan fingerprint density at radius 3 is 2.50 bits per heavy atom. The van der Waals surface area contributed by atoms with Crippen molar-refractivity contribution in [3.8, 4) is 5.69 Å². The number of benzene rings is 1. The molecular formula is C23H33N7O2. The van der Waals surface area contributed by atoms with E-state index in [2.05, 4.69) is 27.6 Å². The van der Waals surface area contributed by atoms with Crippen molar-refractivity contribution in [2.45, 2.75) is 44.3 Å². The predicted molar refractivity (Wildman–Crippen MR) is 125 cm³/mol. The molecule has 0 bridgehead atoms. The van der Waals surface area contributed by atoms with Crippen molar-refractivity contribution in [1.29, 1.82) is 0 Å². The Morgan fingerprint density at radius 2 is 1.84 bits per heavy atom. The van der Waals surface area contributed by atoms with Crippen LogP contribution in [0.3, 0.4) is 0 Å². The van der Waals surface area contributed by atoms with Crippen LogP contribution in [-0.2, 0) is 6.54 Å². The van der Waals surface area contributed by atoms with Gasteiger partial charge in [-0.15, -0.1) is 0 Å². The van der Waals surface area contributed by atoms with E-state index in [0.717, 1.165) is 51.0 Å². The number of hydrogen-bond donors (Lipinski definition) is 3. The number of hydrogen-bond acceptors (Lipinski definition) is 6. The number of urea groups is 1. The molecule has 2 amide bonds. The zero-order chi connectivity index (χ0) is 22.5. The van der Waals surface area contributed by atoms with Crippen LogP contribution in [0.4, 0.5) is 10.6 Å². The minimum atomic E-state index is -0.425. The number of rotatable bonds is 5. The van der Waals surface area contributed by atoms with Gasteiger partial charge in [0.2, 0.25) is 0 Å². The van der Waals surface area contributed by atoms with Gasteiger partial charge in [-0.25, -0.2) is 9.59 Å². The van der Waals surface area contributed by atoms with Gasteiger partial charge in [-0.05, 0) is 56.5 Å². The highest BCUT2D eigenvalue weighted by molar-refractivity contribution is 5.88. The molecule has 1 aliphatic carbocycles. The molecule has 4 rings (SSSR count). The van der Waals surface area contributed by atoms with Gasteiger partial charge >= 0.3 is 11.7 Å². The van der Waals surface area contributed by atoms with E-state index in [9.17, 15) is 9.59 Å². The van der Waals surface area contributed by atoms with Crippen LogP contribution in [0, 0.1) is 0 Å². The van der Waals surface area contributed by atoms with Gasteiger partial charge in [-0.3, -0.25) is 14.8 Å². The molecule has 2 aliphatic rings. The minimum absolute atomic E-state index is 0.232. The summed E-state index contributed by atoms with van der Waals surface area (Å²) in [6.07, 6.45) is 6.13. The Hall–Kier alpha value is -2.75. The van der Waals surface area contributed by atoms with E-state index in [0.29, 0.717) is 25.2 Å². The molecule has 2 aromatic rings. The second kappa shape index (κ2) is 10.2. The van der Waals surface area contributed by atoms with E-state index in [4.69, 9.17) is 5.73 Å². The summed E-state index contributed by atoms with van der Waals surface area (Å²) in [5, 5.41) is 5.92. The molecule has 4 N–H and O–H groups in total. The Bertz CT molecular complexity index is 961. The lowest BCUT2D eigenvalue weighted by molar-refractivity contribution is 0.176. The van der Waals surface area contributed by atoms with Crippen LogP contribution in [0.15, 0.2) is 41.3 Å². The fourth-order valence-electron chi connectivity index (χ4n) is 4.45. The number of anilines is 1. The number of nitrogens with two attached hydrogens (primary N) is 1. The summed E-state index contributed by atoms with van der Waals surface area (Å²) < 4.78 is 1.48. The lowest BCUT2D eigenvalue weighted by atomic mass is 9.91. The van der Waals surface area contributed by atoms with E-state index in [-0.39, 0.29) is 11.8 Å². The number of amides is 2. The number of nitrogens with one attached hydrogen (secondary N) is 2. The van der Waals surface area contributed by atoms with Crippen molar-refractivity contribution in [2.24, 2.45) is 5.73 Å². The zero-order valence-electron chi connectivity index (χ0n) is 18.7. The van der Waals surface area contributed by atoms with Crippen LogP contribution < -0.4 is 22.1 Å². The molecule has 9 heteroatoms. The van der Waals surface area contributed by atoms with E-state index >= 15 is 0 Å². The molecule has 0 atom stereocenters. The van der Waals surface area contributed by atoms with Gasteiger partial charge in [0.25, 0.3) is 0 Å². The molecule has 0 spiro atoms. The van der Waals surface area contributed by atoms with E-state index in [1.165, 1.54) is 10.1 Å². The quantitative estimate of drug-likeness (QED) is 0.649. The molecule has 1 saturated heterocycles. The standard InChI is InChI=1S/C23H33N7O2/c1-28(19-8-4-18(24)5-9-19)16-17-2-6-20(7-3-17)30-13-10-21(27-23(30)32)26-22(31)29-14-11-25-12-15-29/h2-3,6-7,10,13,18-19,25H,4-5,8-9,11-12,14-16,24H2,1H3,(H,26,27,31,32)/t18-,19-. The summed E-state index contributed by atoms with van der Waals surface area (Å²) in [7, 11) is 2.16. The average Bonchev–Trinajstić information content (AvgIpc) is 2.81. The smallest absolute Gasteiger partial charge is 0.328 e. The Morgan fingerprint density at radius 1 is 1.16 bits per heavy atom. The van der Waals surface area contributed by atoms with Gasteiger partial charge in [0.15, 0.2) is 0 Å². The summed E-state index contributed by atoms with van der Waals surface area (Å²) in [4.78, 5) is 33.0. The van der Waals surface area contributed by atoms with Crippen molar-refractivity contribution in [3.05, 3.63) is 52.6 Å². The second-order valence-electron chi connectivity index (χ2n) is 8.78. The Balaban J connectivity index is 1.37. The van der Waals surface area contributed by atoms with Gasteiger partial charge in [-0.2, -0.15) is 4.98 Å². The van der Waals surface area contributed by atoms with Crippen LogP contribution >= 0.6 is 0 Å². The third-order valence-corrected chi connectivity index (χ3v) is 6.45. The molecule has 0 unspecified atom stereocenters. The largest absolute Gasteiger partial charge is 0.354 e. The van der Waals surface area contributed by atoms with Crippen LogP contribution in [0.2, 0.25) is 0 Å². The van der Waals surface area contributed by atoms with E-state index in [1.54, 1.807) is 17.2 Å². The molecule has 32 heavy (non-hydrogen) atoms. The van der Waals surface area contributed by atoms with Crippen LogP contribution in [0.5, 0.6) is 0 Å². The maximum absolute atomic E-state index is 12.6. The average molecular weight is 440 g/mol. The normalized spacial score (nSPS) is 21.5. The molecule has 1 aromatic heterocycles. The molecule has 172 valence electrons. The molecule has 0 radical (unpaired) electrons. The first kappa shape index (κ1) is 22.4. The summed E-state index contributed by atoms with van der Waals surface area (Å²) >= 11 is 0. The predicted octanol–water partition coefficient (Wildman–Crippen LogP) is 1.37. The van der Waals surface area contributed by atoms with Crippen molar-refractivity contribution in [1.82, 2.24) is 24.7 Å². The highest BCUT2D eigenvalue weighted by Gasteiger charge is 2.22. The first-order valence-electron chi connectivity index (χ1n) is 11.4. The van der Waals surface area contributed by atoms with Gasteiger partial charge in [0.05, 0.1) is 5.69 Å². The SMILES string of the molecule is CN(Cc1ccc(-n2ccc(NC(=O)N3CCNCC3)nc2=O)cc1)[C@H]1CC[C@H](N)CC1. The van der Waals surface area contributed by atoms with E-state index in [1.807, 2.05) is 24.3 Å². The van der Waals surface area contributed by atoms with Gasteiger partial charge in [-0.1, -0.05) is 12.1 Å². The Kier molecular flexibility index (Phi) is 7.19. The van der Waals surface area contributed by atoms with Crippen LogP contribution in [0.25, 0.3) is 5.69 Å². The molecule has 1 saturated carbocycles. The molecule has 1 aromatic carbocycles. The molecule has 1 aliphatic heterocycles. The number of carbonyl (C=O) groups is 1.